The van der Waals surface area contributed by atoms with Crippen molar-refractivity contribution in [2.24, 2.45) is 0 Å². The summed E-state index contributed by atoms with van der Waals surface area (Å²) in [7, 11) is 0. The number of nitrogens with one attached hydrogen (secondary N) is 2. The van der Waals surface area contributed by atoms with Crippen LogP contribution in [0, 0.1) is 13.8 Å². The highest BCUT2D eigenvalue weighted by Crippen LogP contribution is 2.30. The van der Waals surface area contributed by atoms with Crippen LogP contribution in [0.4, 0.5) is 10.1 Å². The molecule has 2 aliphatic rings. The summed E-state index contributed by atoms with van der Waals surface area (Å²) in [5.74, 6) is -1.32. The molecular weight excluding hydrogens is 387 g/mol. The SMILES string of the molecule is Cc1cc(-c2ccc(NC3CCCC3)cc2)c(C)cc1C=C(F)C(=O)NC1CCCC1. The van der Waals surface area contributed by atoms with Gasteiger partial charge in [0.25, 0.3) is 5.91 Å². The van der Waals surface area contributed by atoms with Crippen molar-refractivity contribution in [3.05, 3.63) is 58.9 Å². The van der Waals surface area contributed by atoms with Crippen molar-refractivity contribution in [1.29, 1.82) is 0 Å². The Hall–Kier alpha value is -2.62. The summed E-state index contributed by atoms with van der Waals surface area (Å²) in [4.78, 5) is 12.2. The van der Waals surface area contributed by atoms with E-state index in [0.29, 0.717) is 6.04 Å². The zero-order chi connectivity index (χ0) is 21.8. The number of carbonyl (C=O) groups excluding carboxylic acids is 1. The molecular formula is C27H33FN2O. The monoisotopic (exact) mass is 420 g/mol. The van der Waals surface area contributed by atoms with Gasteiger partial charge in [-0.05, 0) is 85.6 Å². The lowest BCUT2D eigenvalue weighted by atomic mass is 9.94. The van der Waals surface area contributed by atoms with Crippen LogP contribution in [0.15, 0.2) is 42.2 Å². The van der Waals surface area contributed by atoms with Gasteiger partial charge in [0.2, 0.25) is 0 Å². The number of aryl methyl sites for hydroxylation is 2. The van der Waals surface area contributed by atoms with E-state index in [1.165, 1.54) is 37.4 Å². The molecule has 0 bridgehead atoms. The summed E-state index contributed by atoms with van der Waals surface area (Å²) in [5.41, 5.74) is 6.22. The fraction of sp³-hybridized carbons (Fsp3) is 0.444. The molecule has 2 aliphatic carbocycles. The van der Waals surface area contributed by atoms with Gasteiger partial charge in [0.05, 0.1) is 0 Å². The van der Waals surface area contributed by atoms with Crippen molar-refractivity contribution in [3.8, 4) is 11.1 Å². The van der Waals surface area contributed by atoms with E-state index in [0.717, 1.165) is 53.5 Å². The third-order valence-corrected chi connectivity index (χ3v) is 6.72. The van der Waals surface area contributed by atoms with Gasteiger partial charge >= 0.3 is 0 Å². The molecule has 164 valence electrons. The summed E-state index contributed by atoms with van der Waals surface area (Å²) >= 11 is 0. The Balaban J connectivity index is 1.48. The maximum Gasteiger partial charge on any atom is 0.280 e. The second-order valence-corrected chi connectivity index (χ2v) is 9.17. The molecule has 0 heterocycles. The van der Waals surface area contributed by atoms with E-state index in [2.05, 4.69) is 41.0 Å². The number of hydrogen-bond acceptors (Lipinski definition) is 2. The summed E-state index contributed by atoms with van der Waals surface area (Å²) in [6, 6.07) is 13.3. The van der Waals surface area contributed by atoms with Gasteiger partial charge in [0.15, 0.2) is 5.83 Å². The van der Waals surface area contributed by atoms with E-state index in [4.69, 9.17) is 0 Å². The van der Waals surface area contributed by atoms with Gasteiger partial charge in [0, 0.05) is 17.8 Å². The minimum atomic E-state index is -0.718. The van der Waals surface area contributed by atoms with Gasteiger partial charge in [-0.2, -0.15) is 0 Å². The molecule has 2 aromatic carbocycles. The summed E-state index contributed by atoms with van der Waals surface area (Å²) in [5, 5.41) is 6.44. The normalized spacial score (nSPS) is 17.8. The molecule has 0 unspecified atom stereocenters. The Bertz CT molecular complexity index is 952. The first-order valence-corrected chi connectivity index (χ1v) is 11.7. The third-order valence-electron chi connectivity index (χ3n) is 6.72. The molecule has 0 aliphatic heterocycles. The maximum atomic E-state index is 14.5. The highest BCUT2D eigenvalue weighted by atomic mass is 19.1. The second kappa shape index (κ2) is 9.67. The number of rotatable bonds is 6. The molecule has 0 atom stereocenters. The van der Waals surface area contributed by atoms with Crippen LogP contribution in [-0.4, -0.2) is 18.0 Å². The number of halogens is 1. The average molecular weight is 421 g/mol. The highest BCUT2D eigenvalue weighted by Gasteiger charge is 2.19. The number of hydrogen-bond donors (Lipinski definition) is 2. The standard InChI is InChI=1S/C27H33FN2O/c1-18-16-25(20-11-13-24(14-12-20)29-22-7-3-4-8-22)19(2)15-21(18)17-26(28)27(31)30-23-9-5-6-10-23/h11-17,22-23,29H,3-10H2,1-2H3,(H,30,31). The molecule has 2 fully saturated rings. The van der Waals surface area contributed by atoms with Crippen LogP contribution in [0.3, 0.4) is 0 Å². The Kier molecular flexibility index (Phi) is 6.74. The maximum absolute atomic E-state index is 14.5. The van der Waals surface area contributed by atoms with Crippen molar-refractivity contribution >= 4 is 17.7 Å². The van der Waals surface area contributed by atoms with Gasteiger partial charge in [-0.25, -0.2) is 4.39 Å². The first-order valence-electron chi connectivity index (χ1n) is 11.7. The van der Waals surface area contributed by atoms with E-state index in [1.54, 1.807) is 0 Å². The molecule has 4 heteroatoms. The van der Waals surface area contributed by atoms with Gasteiger partial charge in [-0.15, -0.1) is 0 Å². The molecule has 3 nitrogen and oxygen atoms in total. The predicted octanol–water partition coefficient (Wildman–Crippen LogP) is 6.69. The molecule has 0 spiro atoms. The Morgan fingerprint density at radius 3 is 2.16 bits per heavy atom. The lowest BCUT2D eigenvalue weighted by molar-refractivity contribution is -0.119. The first kappa shape index (κ1) is 21.6. The second-order valence-electron chi connectivity index (χ2n) is 9.17. The minimum Gasteiger partial charge on any atom is -0.382 e. The Morgan fingerprint density at radius 2 is 1.52 bits per heavy atom. The fourth-order valence-electron chi connectivity index (χ4n) is 4.88. The largest absolute Gasteiger partial charge is 0.382 e. The van der Waals surface area contributed by atoms with Crippen molar-refractivity contribution in [3.63, 3.8) is 0 Å². The topological polar surface area (TPSA) is 41.1 Å². The van der Waals surface area contributed by atoms with Gasteiger partial charge in [0.1, 0.15) is 0 Å². The van der Waals surface area contributed by atoms with Crippen LogP contribution in [0.2, 0.25) is 0 Å². The molecule has 31 heavy (non-hydrogen) atoms. The zero-order valence-electron chi connectivity index (χ0n) is 18.6. The van der Waals surface area contributed by atoms with Crippen LogP contribution in [0.5, 0.6) is 0 Å². The molecule has 0 aromatic heterocycles. The quantitative estimate of drug-likeness (QED) is 0.511. The van der Waals surface area contributed by atoms with Crippen molar-refractivity contribution in [2.75, 3.05) is 5.32 Å². The molecule has 1 amide bonds. The first-order chi connectivity index (χ1) is 15.0. The van der Waals surface area contributed by atoms with E-state index in [1.807, 2.05) is 19.9 Å². The summed E-state index contributed by atoms with van der Waals surface area (Å²) in [6.45, 7) is 4.00. The van der Waals surface area contributed by atoms with E-state index in [-0.39, 0.29) is 6.04 Å². The lowest BCUT2D eigenvalue weighted by Crippen LogP contribution is -2.32. The zero-order valence-corrected chi connectivity index (χ0v) is 18.6. The number of amides is 1. The summed E-state index contributed by atoms with van der Waals surface area (Å²) < 4.78 is 14.5. The minimum absolute atomic E-state index is 0.114. The van der Waals surface area contributed by atoms with Crippen LogP contribution in [0.25, 0.3) is 17.2 Å². The summed E-state index contributed by atoms with van der Waals surface area (Å²) in [6.07, 6.45) is 10.6. The molecule has 0 radical (unpaired) electrons. The lowest BCUT2D eigenvalue weighted by Gasteiger charge is -2.15. The third kappa shape index (κ3) is 5.36. The highest BCUT2D eigenvalue weighted by molar-refractivity contribution is 5.96. The van der Waals surface area contributed by atoms with Crippen molar-refractivity contribution in [2.45, 2.75) is 77.3 Å². The molecule has 2 N–H and O–H groups in total. The van der Waals surface area contributed by atoms with Gasteiger partial charge in [-0.3, -0.25) is 4.79 Å². The van der Waals surface area contributed by atoms with E-state index < -0.39 is 11.7 Å². The number of carbonyl (C=O) groups is 1. The Labute approximate surface area is 185 Å². The average Bonchev–Trinajstić information content (AvgIpc) is 3.45. The van der Waals surface area contributed by atoms with Crippen molar-refractivity contribution in [1.82, 2.24) is 5.32 Å². The van der Waals surface area contributed by atoms with Gasteiger partial charge < -0.3 is 10.6 Å². The van der Waals surface area contributed by atoms with Crippen LogP contribution in [0.1, 0.15) is 68.1 Å². The molecule has 2 saturated carbocycles. The smallest absolute Gasteiger partial charge is 0.280 e. The van der Waals surface area contributed by atoms with Crippen LogP contribution >= 0.6 is 0 Å². The fourth-order valence-corrected chi connectivity index (χ4v) is 4.88. The van der Waals surface area contributed by atoms with E-state index >= 15 is 0 Å². The predicted molar refractivity (Wildman–Crippen MR) is 127 cm³/mol. The molecule has 2 aromatic rings. The Morgan fingerprint density at radius 1 is 0.903 bits per heavy atom. The number of anilines is 1. The molecule has 4 rings (SSSR count). The van der Waals surface area contributed by atoms with Gasteiger partial charge in [-0.1, -0.05) is 49.9 Å². The number of benzene rings is 2. The van der Waals surface area contributed by atoms with Crippen LogP contribution in [-0.2, 0) is 4.79 Å². The van der Waals surface area contributed by atoms with Crippen LogP contribution < -0.4 is 10.6 Å². The van der Waals surface area contributed by atoms with E-state index in [9.17, 15) is 9.18 Å². The van der Waals surface area contributed by atoms with Crippen molar-refractivity contribution < 1.29 is 9.18 Å². The molecule has 0 saturated heterocycles.